The van der Waals surface area contributed by atoms with Crippen molar-refractivity contribution >= 4 is 17.4 Å². The predicted octanol–water partition coefficient (Wildman–Crippen LogP) is 1.57. The fourth-order valence-corrected chi connectivity index (χ4v) is 2.58. The molecule has 3 heterocycles. The Morgan fingerprint density at radius 2 is 2.17 bits per heavy atom. The number of carbonyl (C=O) groups is 1. The molecule has 23 heavy (non-hydrogen) atoms. The molecule has 2 aromatic rings. The summed E-state index contributed by atoms with van der Waals surface area (Å²) in [5.41, 5.74) is 0.0251. The average Bonchev–Trinajstić information content (AvgIpc) is 3.12. The Labute approximate surface area is 129 Å². The lowest BCUT2D eigenvalue weighted by Gasteiger charge is -2.16. The quantitative estimate of drug-likeness (QED) is 0.925. The van der Waals surface area contributed by atoms with Crippen molar-refractivity contribution in [1.29, 1.82) is 0 Å². The van der Waals surface area contributed by atoms with Gasteiger partial charge in [-0.3, -0.25) is 4.79 Å². The zero-order valence-corrected chi connectivity index (χ0v) is 12.3. The van der Waals surface area contributed by atoms with E-state index in [1.807, 2.05) is 0 Å². The number of fused-ring (bicyclic) bond motifs is 1. The molecule has 3 rings (SSSR count). The third kappa shape index (κ3) is 3.06. The lowest BCUT2D eigenvalue weighted by atomic mass is 10.2. The van der Waals surface area contributed by atoms with Gasteiger partial charge in [0.25, 0.3) is 5.82 Å². The van der Waals surface area contributed by atoms with E-state index in [1.54, 1.807) is 17.9 Å². The summed E-state index contributed by atoms with van der Waals surface area (Å²) in [6.07, 6.45) is -3.46. The van der Waals surface area contributed by atoms with E-state index in [0.717, 1.165) is 6.42 Å². The Morgan fingerprint density at radius 1 is 1.39 bits per heavy atom. The van der Waals surface area contributed by atoms with Crippen molar-refractivity contribution in [2.75, 3.05) is 18.4 Å². The maximum absolute atomic E-state index is 12.8. The summed E-state index contributed by atoms with van der Waals surface area (Å²) in [5, 5.41) is 13.6. The Kier molecular flexibility index (Phi) is 3.82. The van der Waals surface area contributed by atoms with E-state index in [2.05, 4.69) is 20.6 Å². The number of nitrogens with one attached hydrogen (secondary N) is 1. The molecule has 1 amide bonds. The van der Waals surface area contributed by atoms with E-state index in [9.17, 15) is 18.0 Å². The van der Waals surface area contributed by atoms with Crippen LogP contribution in [0.2, 0.25) is 0 Å². The van der Waals surface area contributed by atoms with Crippen molar-refractivity contribution < 1.29 is 18.0 Å². The number of amides is 1. The predicted molar refractivity (Wildman–Crippen MR) is 74.7 cm³/mol. The average molecular weight is 328 g/mol. The van der Waals surface area contributed by atoms with Crippen LogP contribution in [-0.2, 0) is 11.0 Å². The first-order valence-electron chi connectivity index (χ1n) is 7.22. The van der Waals surface area contributed by atoms with Crippen molar-refractivity contribution in [1.82, 2.24) is 24.7 Å². The first kappa shape index (κ1) is 15.5. The molecule has 1 atom stereocenters. The molecular formula is C13H15F3N6O. The Balaban J connectivity index is 1.78. The molecule has 124 valence electrons. The third-order valence-electron chi connectivity index (χ3n) is 3.71. The van der Waals surface area contributed by atoms with Crippen LogP contribution in [0.15, 0.2) is 12.1 Å². The monoisotopic (exact) mass is 328 g/mol. The second-order valence-corrected chi connectivity index (χ2v) is 5.33. The zero-order chi connectivity index (χ0) is 16.6. The number of halogens is 3. The van der Waals surface area contributed by atoms with Gasteiger partial charge >= 0.3 is 6.18 Å². The molecule has 2 aromatic heterocycles. The molecule has 0 aliphatic carbocycles. The molecule has 7 nitrogen and oxygen atoms in total. The standard InChI is InChI=1S/C13H15F3N6O/c1-2-11(23)21-6-5-8(7-21)17-9-3-4-10-18-19-12(13(14,15)16)22(10)20-9/h3-4,8H,2,5-7H2,1H3,(H,17,20). The highest BCUT2D eigenvalue weighted by Gasteiger charge is 2.37. The number of likely N-dealkylation sites (tertiary alicyclic amines) is 1. The molecular weight excluding hydrogens is 313 g/mol. The number of nitrogens with zero attached hydrogens (tertiary/aromatic N) is 5. The minimum atomic E-state index is -4.62. The molecule has 1 N–H and O–H groups in total. The highest BCUT2D eigenvalue weighted by Crippen LogP contribution is 2.27. The fourth-order valence-electron chi connectivity index (χ4n) is 2.58. The van der Waals surface area contributed by atoms with Gasteiger partial charge in [-0.15, -0.1) is 15.3 Å². The summed E-state index contributed by atoms with van der Waals surface area (Å²) in [6, 6.07) is 2.93. The molecule has 10 heteroatoms. The summed E-state index contributed by atoms with van der Waals surface area (Å²) in [4.78, 5) is 13.4. The highest BCUT2D eigenvalue weighted by atomic mass is 19.4. The molecule has 1 saturated heterocycles. The van der Waals surface area contributed by atoms with Crippen molar-refractivity contribution in [3.63, 3.8) is 0 Å². The van der Waals surface area contributed by atoms with Gasteiger partial charge in [-0.25, -0.2) is 0 Å². The molecule has 1 unspecified atom stereocenters. The molecule has 1 aliphatic heterocycles. The summed E-state index contributed by atoms with van der Waals surface area (Å²) in [5.74, 6) is -0.806. The van der Waals surface area contributed by atoms with Gasteiger partial charge in [-0.1, -0.05) is 6.92 Å². The van der Waals surface area contributed by atoms with Crippen molar-refractivity contribution in [2.45, 2.75) is 32.0 Å². The van der Waals surface area contributed by atoms with Crippen LogP contribution < -0.4 is 5.32 Å². The topological polar surface area (TPSA) is 75.4 Å². The van der Waals surface area contributed by atoms with Crippen LogP contribution in [0, 0.1) is 0 Å². The summed E-state index contributed by atoms with van der Waals surface area (Å²) < 4.78 is 39.2. The van der Waals surface area contributed by atoms with Crippen LogP contribution in [0.25, 0.3) is 5.65 Å². The number of hydrogen-bond acceptors (Lipinski definition) is 5. The maximum Gasteiger partial charge on any atom is 0.453 e. The van der Waals surface area contributed by atoms with Crippen molar-refractivity contribution in [2.24, 2.45) is 0 Å². The number of alkyl halides is 3. The SMILES string of the molecule is CCC(=O)N1CCC(Nc2ccc3nnc(C(F)(F)F)n3n2)C1. The first-order chi connectivity index (χ1) is 10.9. The molecule has 1 aliphatic rings. The van der Waals surface area contributed by atoms with E-state index < -0.39 is 12.0 Å². The first-order valence-corrected chi connectivity index (χ1v) is 7.22. The molecule has 1 fully saturated rings. The molecule has 0 aromatic carbocycles. The van der Waals surface area contributed by atoms with Gasteiger partial charge in [0.05, 0.1) is 0 Å². The second kappa shape index (κ2) is 5.67. The van der Waals surface area contributed by atoms with Gasteiger partial charge < -0.3 is 10.2 Å². The van der Waals surface area contributed by atoms with Crippen molar-refractivity contribution in [3.8, 4) is 0 Å². The summed E-state index contributed by atoms with van der Waals surface area (Å²) in [6.45, 7) is 2.94. The smallest absolute Gasteiger partial charge is 0.364 e. The van der Waals surface area contributed by atoms with Gasteiger partial charge in [0.2, 0.25) is 5.91 Å². The minimum absolute atomic E-state index is 0.0251. The number of aromatic nitrogens is 4. The Hall–Kier alpha value is -2.39. The minimum Gasteiger partial charge on any atom is -0.364 e. The normalized spacial score (nSPS) is 18.6. The lowest BCUT2D eigenvalue weighted by Crippen LogP contribution is -2.31. The van der Waals surface area contributed by atoms with Crippen molar-refractivity contribution in [3.05, 3.63) is 18.0 Å². The molecule has 0 bridgehead atoms. The second-order valence-electron chi connectivity index (χ2n) is 5.33. The van der Waals surface area contributed by atoms with Crippen LogP contribution in [0.1, 0.15) is 25.6 Å². The van der Waals surface area contributed by atoms with Crippen LogP contribution in [0.3, 0.4) is 0 Å². The van der Waals surface area contributed by atoms with Gasteiger partial charge in [0.15, 0.2) is 5.65 Å². The molecule has 0 spiro atoms. The van der Waals surface area contributed by atoms with Crippen LogP contribution >= 0.6 is 0 Å². The number of rotatable bonds is 3. The number of hydrogen-bond donors (Lipinski definition) is 1. The van der Waals surface area contributed by atoms with Crippen LogP contribution in [-0.4, -0.2) is 49.7 Å². The van der Waals surface area contributed by atoms with Gasteiger partial charge in [-0.2, -0.15) is 17.7 Å². The van der Waals surface area contributed by atoms with Crippen LogP contribution in [0.4, 0.5) is 19.0 Å². The van der Waals surface area contributed by atoms with E-state index in [0.29, 0.717) is 29.8 Å². The Morgan fingerprint density at radius 3 is 2.87 bits per heavy atom. The van der Waals surface area contributed by atoms with E-state index in [4.69, 9.17) is 0 Å². The largest absolute Gasteiger partial charge is 0.453 e. The Bertz CT molecular complexity index is 728. The van der Waals surface area contributed by atoms with E-state index in [-0.39, 0.29) is 17.6 Å². The lowest BCUT2D eigenvalue weighted by molar-refractivity contribution is -0.146. The van der Waals surface area contributed by atoms with Gasteiger partial charge in [0, 0.05) is 25.6 Å². The number of carbonyl (C=O) groups excluding carboxylic acids is 1. The third-order valence-corrected chi connectivity index (χ3v) is 3.71. The van der Waals surface area contributed by atoms with Gasteiger partial charge in [0.1, 0.15) is 5.82 Å². The number of anilines is 1. The molecule has 0 radical (unpaired) electrons. The van der Waals surface area contributed by atoms with Crippen LogP contribution in [0.5, 0.6) is 0 Å². The molecule has 0 saturated carbocycles. The van der Waals surface area contributed by atoms with E-state index in [1.165, 1.54) is 6.07 Å². The highest BCUT2D eigenvalue weighted by molar-refractivity contribution is 5.76. The fraction of sp³-hybridized carbons (Fsp3) is 0.538. The van der Waals surface area contributed by atoms with E-state index >= 15 is 0 Å². The maximum atomic E-state index is 12.8. The van der Waals surface area contributed by atoms with Gasteiger partial charge in [-0.05, 0) is 18.6 Å². The summed E-state index contributed by atoms with van der Waals surface area (Å²) >= 11 is 0. The zero-order valence-electron chi connectivity index (χ0n) is 12.3. The summed E-state index contributed by atoms with van der Waals surface area (Å²) in [7, 11) is 0.